The van der Waals surface area contributed by atoms with Gasteiger partial charge in [0.2, 0.25) is 21.8 Å². The summed E-state index contributed by atoms with van der Waals surface area (Å²) < 4.78 is 28.2. The van der Waals surface area contributed by atoms with Gasteiger partial charge in [-0.3, -0.25) is 9.59 Å². The molecule has 1 aliphatic rings. The van der Waals surface area contributed by atoms with Gasteiger partial charge in [0.1, 0.15) is 5.75 Å². The van der Waals surface area contributed by atoms with Crippen molar-refractivity contribution in [1.29, 1.82) is 0 Å². The van der Waals surface area contributed by atoms with Crippen LogP contribution in [0.15, 0.2) is 53.4 Å². The topological polar surface area (TPSA) is 119 Å². The van der Waals surface area contributed by atoms with Crippen molar-refractivity contribution in [2.45, 2.75) is 24.7 Å². The number of carbonyl (C=O) groups is 2. The van der Waals surface area contributed by atoms with Crippen LogP contribution in [-0.2, 0) is 26.0 Å². The lowest BCUT2D eigenvalue weighted by atomic mass is 10.1. The smallest absolute Gasteiger partial charge is 0.238 e. The molecule has 0 aromatic heterocycles. The van der Waals surface area contributed by atoms with Gasteiger partial charge in [-0.25, -0.2) is 13.6 Å². The largest absolute Gasteiger partial charge is 0.492 e. The average molecular weight is 432 g/mol. The van der Waals surface area contributed by atoms with Gasteiger partial charge in [0, 0.05) is 19.5 Å². The maximum absolute atomic E-state index is 12.5. The van der Waals surface area contributed by atoms with Crippen LogP contribution in [0, 0.1) is 5.92 Å². The average Bonchev–Trinajstić information content (AvgIpc) is 3.10. The summed E-state index contributed by atoms with van der Waals surface area (Å²) >= 11 is 0. The standard InChI is InChI=1S/C21H25N3O5S/c1-2-29-19-6-4-3-5-18(19)24-14-16(13-20(24)25)21(26)23-12-11-15-7-9-17(10-8-15)30(22,27)28/h3-10,16H,2,11-14H2,1H3,(H,23,26)(H2,22,27,28)/t16-/m0/s1. The van der Waals surface area contributed by atoms with Gasteiger partial charge >= 0.3 is 0 Å². The second-order valence-corrected chi connectivity index (χ2v) is 8.60. The summed E-state index contributed by atoms with van der Waals surface area (Å²) in [6, 6.07) is 13.5. The van der Waals surface area contributed by atoms with Crippen LogP contribution in [0.1, 0.15) is 18.9 Å². The van der Waals surface area contributed by atoms with Crippen molar-refractivity contribution in [2.75, 3.05) is 24.6 Å². The second-order valence-electron chi connectivity index (χ2n) is 7.04. The number of hydrogen-bond acceptors (Lipinski definition) is 5. The molecule has 0 aliphatic carbocycles. The molecule has 0 radical (unpaired) electrons. The van der Waals surface area contributed by atoms with E-state index >= 15 is 0 Å². The molecule has 2 amide bonds. The van der Waals surface area contributed by atoms with E-state index in [1.165, 1.54) is 12.1 Å². The molecule has 160 valence electrons. The Morgan fingerprint density at radius 1 is 1.20 bits per heavy atom. The molecule has 1 heterocycles. The fraction of sp³-hybridized carbons (Fsp3) is 0.333. The van der Waals surface area contributed by atoms with Gasteiger partial charge in [-0.05, 0) is 43.2 Å². The van der Waals surface area contributed by atoms with Crippen LogP contribution in [0.4, 0.5) is 5.69 Å². The van der Waals surface area contributed by atoms with E-state index in [4.69, 9.17) is 9.88 Å². The monoisotopic (exact) mass is 431 g/mol. The van der Waals surface area contributed by atoms with Crippen molar-refractivity contribution in [3.8, 4) is 5.75 Å². The first-order valence-electron chi connectivity index (χ1n) is 9.71. The van der Waals surface area contributed by atoms with E-state index in [0.29, 0.717) is 37.6 Å². The quantitative estimate of drug-likeness (QED) is 0.656. The van der Waals surface area contributed by atoms with Crippen molar-refractivity contribution in [2.24, 2.45) is 11.1 Å². The number of carbonyl (C=O) groups excluding carboxylic acids is 2. The summed E-state index contributed by atoms with van der Waals surface area (Å²) in [5.74, 6) is -0.101. The molecule has 0 unspecified atom stereocenters. The second kappa shape index (κ2) is 9.27. The number of anilines is 1. The lowest BCUT2D eigenvalue weighted by molar-refractivity contribution is -0.126. The molecular weight excluding hydrogens is 406 g/mol. The summed E-state index contributed by atoms with van der Waals surface area (Å²) in [7, 11) is -3.72. The van der Waals surface area contributed by atoms with E-state index in [1.54, 1.807) is 23.1 Å². The highest BCUT2D eigenvalue weighted by Crippen LogP contribution is 2.33. The number of hydrogen-bond donors (Lipinski definition) is 2. The Bertz CT molecular complexity index is 1020. The normalized spacial score (nSPS) is 16.5. The zero-order valence-corrected chi connectivity index (χ0v) is 17.5. The Morgan fingerprint density at radius 2 is 1.90 bits per heavy atom. The summed E-state index contributed by atoms with van der Waals surface area (Å²) in [6.45, 7) is 3.05. The number of primary sulfonamides is 1. The third-order valence-corrected chi connectivity index (χ3v) is 5.85. The van der Waals surface area contributed by atoms with Crippen molar-refractivity contribution in [1.82, 2.24) is 5.32 Å². The van der Waals surface area contributed by atoms with Crippen LogP contribution in [0.3, 0.4) is 0 Å². The van der Waals surface area contributed by atoms with Gasteiger partial charge in [-0.2, -0.15) is 0 Å². The van der Waals surface area contributed by atoms with E-state index in [0.717, 1.165) is 5.56 Å². The highest BCUT2D eigenvalue weighted by molar-refractivity contribution is 7.89. The minimum absolute atomic E-state index is 0.0483. The number of nitrogens with two attached hydrogens (primary N) is 1. The maximum atomic E-state index is 12.5. The third kappa shape index (κ3) is 5.17. The van der Waals surface area contributed by atoms with Gasteiger partial charge in [0.15, 0.2) is 0 Å². The predicted molar refractivity (Wildman–Crippen MR) is 113 cm³/mol. The molecule has 1 saturated heterocycles. The zero-order valence-electron chi connectivity index (χ0n) is 16.7. The van der Waals surface area contributed by atoms with Crippen LogP contribution in [0.5, 0.6) is 5.75 Å². The molecule has 2 aromatic rings. The van der Waals surface area contributed by atoms with Gasteiger partial charge in [0.25, 0.3) is 0 Å². The highest BCUT2D eigenvalue weighted by Gasteiger charge is 2.36. The van der Waals surface area contributed by atoms with Crippen molar-refractivity contribution >= 4 is 27.5 Å². The minimum atomic E-state index is -3.72. The number of sulfonamides is 1. The Labute approximate surface area is 176 Å². The summed E-state index contributed by atoms with van der Waals surface area (Å²) in [4.78, 5) is 26.7. The molecule has 0 bridgehead atoms. The Balaban J connectivity index is 1.55. The van der Waals surface area contributed by atoms with Gasteiger partial charge in [-0.1, -0.05) is 24.3 Å². The molecule has 9 heteroatoms. The molecule has 2 aromatic carbocycles. The lowest BCUT2D eigenvalue weighted by Crippen LogP contribution is -2.34. The number of rotatable bonds is 8. The summed E-state index contributed by atoms with van der Waals surface area (Å²) in [5.41, 5.74) is 1.55. The van der Waals surface area contributed by atoms with E-state index in [9.17, 15) is 18.0 Å². The van der Waals surface area contributed by atoms with Crippen molar-refractivity contribution < 1.29 is 22.7 Å². The SMILES string of the molecule is CCOc1ccccc1N1C[C@@H](C(=O)NCCc2ccc(S(N)(=O)=O)cc2)CC1=O. The predicted octanol–water partition coefficient (Wildman–Crippen LogP) is 1.44. The van der Waals surface area contributed by atoms with E-state index in [-0.39, 0.29) is 23.1 Å². The zero-order chi connectivity index (χ0) is 21.7. The van der Waals surface area contributed by atoms with Crippen molar-refractivity contribution in [3.63, 3.8) is 0 Å². The van der Waals surface area contributed by atoms with Crippen LogP contribution in [0.25, 0.3) is 0 Å². The maximum Gasteiger partial charge on any atom is 0.238 e. The van der Waals surface area contributed by atoms with E-state index in [1.807, 2.05) is 25.1 Å². The van der Waals surface area contributed by atoms with Gasteiger partial charge < -0.3 is 15.0 Å². The van der Waals surface area contributed by atoms with E-state index in [2.05, 4.69) is 5.32 Å². The number of nitrogens with zero attached hydrogens (tertiary/aromatic N) is 1. The number of ether oxygens (including phenoxy) is 1. The van der Waals surface area contributed by atoms with Crippen LogP contribution < -0.4 is 20.1 Å². The van der Waals surface area contributed by atoms with Gasteiger partial charge in [0.05, 0.1) is 23.1 Å². The molecule has 30 heavy (non-hydrogen) atoms. The molecule has 1 fully saturated rings. The Hall–Kier alpha value is -2.91. The first kappa shape index (κ1) is 21.8. The third-order valence-electron chi connectivity index (χ3n) is 4.92. The molecule has 1 aliphatic heterocycles. The highest BCUT2D eigenvalue weighted by atomic mass is 32.2. The summed E-state index contributed by atoms with van der Waals surface area (Å²) in [5, 5.41) is 7.94. The van der Waals surface area contributed by atoms with Crippen LogP contribution in [0.2, 0.25) is 0 Å². The van der Waals surface area contributed by atoms with Crippen LogP contribution in [-0.4, -0.2) is 39.9 Å². The van der Waals surface area contributed by atoms with Crippen LogP contribution >= 0.6 is 0 Å². The first-order chi connectivity index (χ1) is 14.3. The lowest BCUT2D eigenvalue weighted by Gasteiger charge is -2.20. The fourth-order valence-corrected chi connectivity index (χ4v) is 3.91. The summed E-state index contributed by atoms with van der Waals surface area (Å²) in [6.07, 6.45) is 0.684. The molecule has 0 saturated carbocycles. The van der Waals surface area contributed by atoms with Gasteiger partial charge in [-0.15, -0.1) is 0 Å². The minimum Gasteiger partial charge on any atom is -0.492 e. The number of nitrogens with one attached hydrogen (secondary N) is 1. The number of amides is 2. The van der Waals surface area contributed by atoms with E-state index < -0.39 is 15.9 Å². The molecular formula is C21H25N3O5S. The first-order valence-corrected chi connectivity index (χ1v) is 11.3. The number of para-hydroxylation sites is 2. The molecule has 0 spiro atoms. The molecule has 8 nitrogen and oxygen atoms in total. The molecule has 1 atom stereocenters. The molecule has 3 N–H and O–H groups in total. The number of benzene rings is 2. The Morgan fingerprint density at radius 3 is 2.57 bits per heavy atom. The Kier molecular flexibility index (Phi) is 6.73. The van der Waals surface area contributed by atoms with Crippen molar-refractivity contribution in [3.05, 3.63) is 54.1 Å². The fourth-order valence-electron chi connectivity index (χ4n) is 3.39. The molecule has 3 rings (SSSR count).